The molecule has 3 heteroatoms. The van der Waals surface area contributed by atoms with Crippen molar-refractivity contribution in [2.45, 2.75) is 39.2 Å². The molecule has 2 fully saturated rings. The van der Waals surface area contributed by atoms with Gasteiger partial charge in [-0.05, 0) is 24.7 Å². The lowest BCUT2D eigenvalue weighted by Crippen LogP contribution is -2.50. The highest BCUT2D eigenvalue weighted by atomic mass is 16.5. The first-order valence-corrected chi connectivity index (χ1v) is 6.52. The second-order valence-electron chi connectivity index (χ2n) is 5.49. The molecule has 2 aliphatic rings. The van der Waals surface area contributed by atoms with Crippen molar-refractivity contribution in [3.63, 3.8) is 0 Å². The number of morpholine rings is 1. The Labute approximate surface area is 97.9 Å². The van der Waals surface area contributed by atoms with Gasteiger partial charge in [-0.3, -0.25) is 4.79 Å². The van der Waals surface area contributed by atoms with E-state index in [9.17, 15) is 4.79 Å². The lowest BCUT2D eigenvalue weighted by Gasteiger charge is -2.37. The molecule has 0 radical (unpaired) electrons. The highest BCUT2D eigenvalue weighted by Crippen LogP contribution is 2.33. The molecule has 0 spiro atoms. The van der Waals surface area contributed by atoms with E-state index in [1.807, 2.05) is 0 Å². The minimum Gasteiger partial charge on any atom is -0.378 e. The summed E-state index contributed by atoms with van der Waals surface area (Å²) >= 11 is 0. The number of ketones is 1. The Kier molecular flexibility index (Phi) is 3.98. The molecule has 0 aromatic heterocycles. The third kappa shape index (κ3) is 2.64. The van der Waals surface area contributed by atoms with Gasteiger partial charge in [0.2, 0.25) is 0 Å². The average molecular weight is 225 g/mol. The van der Waals surface area contributed by atoms with Gasteiger partial charge < -0.3 is 10.1 Å². The molecule has 1 saturated carbocycles. The monoisotopic (exact) mass is 225 g/mol. The van der Waals surface area contributed by atoms with E-state index in [0.717, 1.165) is 32.4 Å². The third-order valence-corrected chi connectivity index (χ3v) is 4.11. The normalized spacial score (nSPS) is 36.7. The number of Topliss-reactive ketones (excluding diaryl/α,β-unsaturated/α-hetero) is 1. The highest BCUT2D eigenvalue weighted by Gasteiger charge is 2.36. The topological polar surface area (TPSA) is 38.3 Å². The van der Waals surface area contributed by atoms with Crippen LogP contribution < -0.4 is 5.32 Å². The van der Waals surface area contributed by atoms with Gasteiger partial charge in [-0.1, -0.05) is 13.8 Å². The summed E-state index contributed by atoms with van der Waals surface area (Å²) in [5.41, 5.74) is 0. The highest BCUT2D eigenvalue weighted by molar-refractivity contribution is 5.82. The number of hydrogen-bond acceptors (Lipinski definition) is 3. The second-order valence-corrected chi connectivity index (χ2v) is 5.49. The Morgan fingerprint density at radius 3 is 2.88 bits per heavy atom. The van der Waals surface area contributed by atoms with Gasteiger partial charge in [0.25, 0.3) is 0 Å². The van der Waals surface area contributed by atoms with E-state index in [4.69, 9.17) is 4.74 Å². The number of carbonyl (C=O) groups excluding carboxylic acids is 1. The summed E-state index contributed by atoms with van der Waals surface area (Å²) in [7, 11) is 0. The van der Waals surface area contributed by atoms with Crippen molar-refractivity contribution in [2.24, 2.45) is 17.8 Å². The van der Waals surface area contributed by atoms with Gasteiger partial charge in [-0.15, -0.1) is 0 Å². The van der Waals surface area contributed by atoms with Crippen molar-refractivity contribution in [2.75, 3.05) is 19.8 Å². The van der Waals surface area contributed by atoms with Crippen molar-refractivity contribution in [1.29, 1.82) is 0 Å². The lowest BCUT2D eigenvalue weighted by molar-refractivity contribution is -0.128. The van der Waals surface area contributed by atoms with Crippen LogP contribution in [0.1, 0.15) is 33.1 Å². The summed E-state index contributed by atoms with van der Waals surface area (Å²) in [5.74, 6) is 2.05. The molecule has 0 aromatic carbocycles. The van der Waals surface area contributed by atoms with Crippen molar-refractivity contribution in [1.82, 2.24) is 5.32 Å². The van der Waals surface area contributed by atoms with Gasteiger partial charge in [-0.2, -0.15) is 0 Å². The first-order chi connectivity index (χ1) is 7.68. The van der Waals surface area contributed by atoms with Crippen LogP contribution in [-0.2, 0) is 9.53 Å². The van der Waals surface area contributed by atoms with Gasteiger partial charge in [0.15, 0.2) is 0 Å². The summed E-state index contributed by atoms with van der Waals surface area (Å²) in [4.78, 5) is 12.0. The predicted molar refractivity (Wildman–Crippen MR) is 63.3 cm³/mol. The maximum atomic E-state index is 12.0. The molecule has 16 heavy (non-hydrogen) atoms. The SMILES string of the molecule is CC(C)C1CCC(=O)C(C2COCCN2)C1. The molecule has 3 nitrogen and oxygen atoms in total. The Bertz CT molecular complexity index is 246. The molecule has 1 saturated heterocycles. The second kappa shape index (κ2) is 5.28. The maximum Gasteiger partial charge on any atom is 0.137 e. The summed E-state index contributed by atoms with van der Waals surface area (Å²) in [6.07, 6.45) is 2.91. The van der Waals surface area contributed by atoms with E-state index in [0.29, 0.717) is 24.2 Å². The molecule has 3 unspecified atom stereocenters. The fraction of sp³-hybridized carbons (Fsp3) is 0.923. The fourth-order valence-corrected chi connectivity index (χ4v) is 2.93. The number of ether oxygens (including phenoxy) is 1. The summed E-state index contributed by atoms with van der Waals surface area (Å²) in [5, 5.41) is 3.43. The Morgan fingerprint density at radius 2 is 2.25 bits per heavy atom. The zero-order chi connectivity index (χ0) is 11.5. The molecule has 1 heterocycles. The van der Waals surface area contributed by atoms with E-state index in [-0.39, 0.29) is 12.0 Å². The van der Waals surface area contributed by atoms with Gasteiger partial charge in [0, 0.05) is 24.9 Å². The Balaban J connectivity index is 1.97. The fourth-order valence-electron chi connectivity index (χ4n) is 2.93. The van der Waals surface area contributed by atoms with Crippen LogP contribution in [0.3, 0.4) is 0 Å². The largest absolute Gasteiger partial charge is 0.378 e. The summed E-state index contributed by atoms with van der Waals surface area (Å²) in [6.45, 7) is 6.91. The number of carbonyl (C=O) groups is 1. The number of hydrogen-bond donors (Lipinski definition) is 1. The van der Waals surface area contributed by atoms with E-state index in [1.54, 1.807) is 0 Å². The molecule has 0 amide bonds. The van der Waals surface area contributed by atoms with E-state index < -0.39 is 0 Å². The minimum atomic E-state index is 0.196. The molecule has 1 aliphatic heterocycles. The van der Waals surface area contributed by atoms with Crippen molar-refractivity contribution in [3.8, 4) is 0 Å². The van der Waals surface area contributed by atoms with E-state index >= 15 is 0 Å². The predicted octanol–water partition coefficient (Wildman–Crippen LogP) is 1.62. The first-order valence-electron chi connectivity index (χ1n) is 6.52. The smallest absolute Gasteiger partial charge is 0.137 e. The zero-order valence-electron chi connectivity index (χ0n) is 10.4. The maximum absolute atomic E-state index is 12.0. The molecule has 92 valence electrons. The minimum absolute atomic E-state index is 0.196. The molecule has 0 bridgehead atoms. The summed E-state index contributed by atoms with van der Waals surface area (Å²) in [6, 6.07) is 0.266. The Morgan fingerprint density at radius 1 is 1.44 bits per heavy atom. The van der Waals surface area contributed by atoms with Crippen LogP contribution in [0.4, 0.5) is 0 Å². The summed E-state index contributed by atoms with van der Waals surface area (Å²) < 4.78 is 5.46. The molecular weight excluding hydrogens is 202 g/mol. The molecule has 0 aromatic rings. The quantitative estimate of drug-likeness (QED) is 0.776. The van der Waals surface area contributed by atoms with Crippen LogP contribution in [0.5, 0.6) is 0 Å². The van der Waals surface area contributed by atoms with Gasteiger partial charge in [0.1, 0.15) is 5.78 Å². The van der Waals surface area contributed by atoms with Crippen molar-refractivity contribution in [3.05, 3.63) is 0 Å². The molecule has 1 aliphatic carbocycles. The van der Waals surface area contributed by atoms with Crippen LogP contribution in [0, 0.1) is 17.8 Å². The van der Waals surface area contributed by atoms with Crippen LogP contribution in [0.15, 0.2) is 0 Å². The lowest BCUT2D eigenvalue weighted by atomic mass is 9.73. The number of rotatable bonds is 2. The van der Waals surface area contributed by atoms with E-state index in [2.05, 4.69) is 19.2 Å². The van der Waals surface area contributed by atoms with Gasteiger partial charge in [-0.25, -0.2) is 0 Å². The first kappa shape index (κ1) is 12.1. The molecular formula is C13H23NO2. The molecule has 2 rings (SSSR count). The van der Waals surface area contributed by atoms with Crippen LogP contribution in [0.25, 0.3) is 0 Å². The van der Waals surface area contributed by atoms with Gasteiger partial charge >= 0.3 is 0 Å². The van der Waals surface area contributed by atoms with Crippen LogP contribution in [-0.4, -0.2) is 31.6 Å². The molecule has 1 N–H and O–H groups in total. The van der Waals surface area contributed by atoms with Crippen molar-refractivity contribution < 1.29 is 9.53 Å². The Hall–Kier alpha value is -0.410. The average Bonchev–Trinajstić information content (AvgIpc) is 2.30. The van der Waals surface area contributed by atoms with Gasteiger partial charge in [0.05, 0.1) is 13.2 Å². The van der Waals surface area contributed by atoms with Crippen molar-refractivity contribution >= 4 is 5.78 Å². The zero-order valence-corrected chi connectivity index (χ0v) is 10.4. The molecule has 3 atom stereocenters. The van der Waals surface area contributed by atoms with Crippen LogP contribution >= 0.6 is 0 Å². The third-order valence-electron chi connectivity index (χ3n) is 4.11. The van der Waals surface area contributed by atoms with E-state index in [1.165, 1.54) is 0 Å². The standard InChI is InChI=1S/C13H23NO2/c1-9(2)10-3-4-13(15)11(7-10)12-8-16-6-5-14-12/h9-12,14H,3-8H2,1-2H3. The number of nitrogens with one attached hydrogen (secondary N) is 1. The van der Waals surface area contributed by atoms with Crippen LogP contribution in [0.2, 0.25) is 0 Å².